The third kappa shape index (κ3) is 4.89. The summed E-state index contributed by atoms with van der Waals surface area (Å²) in [6.45, 7) is 8.29. The summed E-state index contributed by atoms with van der Waals surface area (Å²) in [5.74, 6) is 0. The highest BCUT2D eigenvalue weighted by Crippen LogP contribution is 2.22. The van der Waals surface area contributed by atoms with Gasteiger partial charge < -0.3 is 5.11 Å². The molecule has 0 amide bonds. The van der Waals surface area contributed by atoms with Gasteiger partial charge in [0.1, 0.15) is 0 Å². The lowest BCUT2D eigenvalue weighted by Crippen LogP contribution is -2.28. The Morgan fingerprint density at radius 3 is 2.20 bits per heavy atom. The molecule has 0 bridgehead atoms. The Hall–Kier alpha value is -0.910. The van der Waals surface area contributed by atoms with Crippen LogP contribution >= 0.6 is 0 Å². The number of hydrogen-bond donors (Lipinski definition) is 2. The fourth-order valence-corrected chi connectivity index (χ4v) is 2.79. The van der Waals surface area contributed by atoms with Crippen LogP contribution in [-0.2, 0) is 16.4 Å². The molecular formula is C15H25NO3S. The van der Waals surface area contributed by atoms with Crippen LogP contribution in [0.4, 0.5) is 0 Å². The molecule has 1 aromatic rings. The predicted molar refractivity (Wildman–Crippen MR) is 81.1 cm³/mol. The largest absolute Gasteiger partial charge is 0.392 e. The average molecular weight is 299 g/mol. The minimum Gasteiger partial charge on any atom is -0.392 e. The molecule has 2 N–H and O–H groups in total. The highest BCUT2D eigenvalue weighted by Gasteiger charge is 2.22. The maximum atomic E-state index is 11.9. The van der Waals surface area contributed by atoms with E-state index in [-0.39, 0.29) is 10.3 Å². The Kier molecular flexibility index (Phi) is 5.74. The van der Waals surface area contributed by atoms with E-state index in [4.69, 9.17) is 0 Å². The summed E-state index contributed by atoms with van der Waals surface area (Å²) in [6, 6.07) is 6.69. The van der Waals surface area contributed by atoms with E-state index in [0.717, 1.165) is 12.0 Å². The molecule has 0 aliphatic heterocycles. The standard InChI is InChI=1S/C15H25NO3S/c1-5-10-16-20(18,19)13-8-6-12(7-9-13)11-14(17)15(2,3)4/h6-9,14,16-17H,5,10-11H2,1-4H3. The molecule has 0 spiro atoms. The third-order valence-corrected chi connectivity index (χ3v) is 4.68. The second kappa shape index (κ2) is 6.70. The van der Waals surface area contributed by atoms with Crippen LogP contribution in [0.2, 0.25) is 0 Å². The minimum atomic E-state index is -3.41. The lowest BCUT2D eigenvalue weighted by Gasteiger charge is -2.25. The van der Waals surface area contributed by atoms with Crippen molar-refractivity contribution in [1.29, 1.82) is 0 Å². The fraction of sp³-hybridized carbons (Fsp3) is 0.600. The molecule has 5 heteroatoms. The molecule has 0 saturated carbocycles. The Bertz CT molecular complexity index is 515. The molecule has 0 aromatic heterocycles. The van der Waals surface area contributed by atoms with Gasteiger partial charge in [-0.15, -0.1) is 0 Å². The molecule has 0 heterocycles. The highest BCUT2D eigenvalue weighted by atomic mass is 32.2. The van der Waals surface area contributed by atoms with Gasteiger partial charge in [0.2, 0.25) is 10.0 Å². The van der Waals surface area contributed by atoms with Crippen LogP contribution in [0.1, 0.15) is 39.7 Å². The van der Waals surface area contributed by atoms with Crippen molar-refractivity contribution >= 4 is 10.0 Å². The summed E-state index contributed by atoms with van der Waals surface area (Å²) in [7, 11) is -3.41. The van der Waals surface area contributed by atoms with Crippen LogP contribution in [0.5, 0.6) is 0 Å². The SMILES string of the molecule is CCCNS(=O)(=O)c1ccc(CC(O)C(C)(C)C)cc1. The molecule has 0 aliphatic rings. The van der Waals surface area contributed by atoms with Gasteiger partial charge >= 0.3 is 0 Å². The van der Waals surface area contributed by atoms with Crippen LogP contribution in [-0.4, -0.2) is 26.2 Å². The molecule has 1 atom stereocenters. The summed E-state index contributed by atoms with van der Waals surface area (Å²) in [5.41, 5.74) is 0.745. The van der Waals surface area contributed by atoms with E-state index in [9.17, 15) is 13.5 Å². The molecule has 0 aliphatic carbocycles. The van der Waals surface area contributed by atoms with Crippen molar-refractivity contribution in [3.05, 3.63) is 29.8 Å². The highest BCUT2D eigenvalue weighted by molar-refractivity contribution is 7.89. The molecule has 0 radical (unpaired) electrons. The van der Waals surface area contributed by atoms with Gasteiger partial charge in [-0.05, 0) is 36.0 Å². The number of benzene rings is 1. The molecule has 0 fully saturated rings. The van der Waals surface area contributed by atoms with Crippen LogP contribution in [0, 0.1) is 5.41 Å². The summed E-state index contributed by atoms with van der Waals surface area (Å²) in [4.78, 5) is 0.264. The second-order valence-electron chi connectivity index (χ2n) is 6.13. The van der Waals surface area contributed by atoms with Crippen molar-refractivity contribution in [3.63, 3.8) is 0 Å². The lowest BCUT2D eigenvalue weighted by molar-refractivity contribution is 0.0636. The monoisotopic (exact) mass is 299 g/mol. The summed E-state index contributed by atoms with van der Waals surface area (Å²) in [5, 5.41) is 10.1. The van der Waals surface area contributed by atoms with Gasteiger partial charge in [0.15, 0.2) is 0 Å². The number of hydrogen-bond acceptors (Lipinski definition) is 3. The minimum absolute atomic E-state index is 0.187. The number of aliphatic hydroxyl groups is 1. The van der Waals surface area contributed by atoms with E-state index in [2.05, 4.69) is 4.72 Å². The fourth-order valence-electron chi connectivity index (χ4n) is 1.65. The molecular weight excluding hydrogens is 274 g/mol. The second-order valence-corrected chi connectivity index (χ2v) is 7.89. The van der Waals surface area contributed by atoms with Crippen molar-refractivity contribution in [1.82, 2.24) is 4.72 Å². The van der Waals surface area contributed by atoms with E-state index in [1.165, 1.54) is 0 Å². The van der Waals surface area contributed by atoms with Gasteiger partial charge in [-0.3, -0.25) is 0 Å². The number of aliphatic hydroxyl groups excluding tert-OH is 1. The first kappa shape index (κ1) is 17.1. The van der Waals surface area contributed by atoms with E-state index in [0.29, 0.717) is 13.0 Å². The first-order valence-electron chi connectivity index (χ1n) is 6.93. The Morgan fingerprint density at radius 2 is 1.75 bits per heavy atom. The Balaban J connectivity index is 2.79. The van der Waals surface area contributed by atoms with Gasteiger partial charge in [0.05, 0.1) is 11.0 Å². The summed E-state index contributed by atoms with van der Waals surface area (Å²) < 4.78 is 26.4. The normalized spacial score (nSPS) is 14.2. The smallest absolute Gasteiger partial charge is 0.240 e. The zero-order valence-electron chi connectivity index (χ0n) is 12.7. The molecule has 1 aromatic carbocycles. The van der Waals surface area contributed by atoms with Gasteiger partial charge in [0, 0.05) is 6.54 Å². The Morgan fingerprint density at radius 1 is 1.20 bits per heavy atom. The van der Waals surface area contributed by atoms with Crippen molar-refractivity contribution in [2.24, 2.45) is 5.41 Å². The van der Waals surface area contributed by atoms with Crippen LogP contribution < -0.4 is 4.72 Å². The maximum absolute atomic E-state index is 11.9. The van der Waals surface area contributed by atoms with Gasteiger partial charge in [-0.25, -0.2) is 13.1 Å². The van der Waals surface area contributed by atoms with Crippen molar-refractivity contribution in [2.75, 3.05) is 6.54 Å². The summed E-state index contributed by atoms with van der Waals surface area (Å²) >= 11 is 0. The van der Waals surface area contributed by atoms with E-state index >= 15 is 0 Å². The quantitative estimate of drug-likeness (QED) is 0.847. The zero-order valence-corrected chi connectivity index (χ0v) is 13.5. The van der Waals surface area contributed by atoms with Gasteiger partial charge in [-0.1, -0.05) is 39.8 Å². The lowest BCUT2D eigenvalue weighted by atomic mass is 9.85. The number of nitrogens with one attached hydrogen (secondary N) is 1. The summed E-state index contributed by atoms with van der Waals surface area (Å²) in [6.07, 6.45) is 0.824. The van der Waals surface area contributed by atoms with Crippen molar-refractivity contribution in [2.45, 2.75) is 51.5 Å². The van der Waals surface area contributed by atoms with Crippen LogP contribution in [0.15, 0.2) is 29.2 Å². The molecule has 1 rings (SSSR count). The number of rotatable bonds is 6. The van der Waals surface area contributed by atoms with E-state index in [1.54, 1.807) is 24.3 Å². The first-order chi connectivity index (χ1) is 9.16. The molecule has 1 unspecified atom stereocenters. The Labute approximate surface area is 122 Å². The maximum Gasteiger partial charge on any atom is 0.240 e. The van der Waals surface area contributed by atoms with Crippen LogP contribution in [0.3, 0.4) is 0 Å². The molecule has 20 heavy (non-hydrogen) atoms. The zero-order chi connectivity index (χ0) is 15.4. The third-order valence-electron chi connectivity index (χ3n) is 3.20. The van der Waals surface area contributed by atoms with Crippen LogP contribution in [0.25, 0.3) is 0 Å². The molecule has 114 valence electrons. The predicted octanol–water partition coefficient (Wildman–Crippen LogP) is 2.32. The van der Waals surface area contributed by atoms with Crippen molar-refractivity contribution < 1.29 is 13.5 Å². The average Bonchev–Trinajstić information content (AvgIpc) is 2.36. The van der Waals surface area contributed by atoms with Gasteiger partial charge in [0.25, 0.3) is 0 Å². The first-order valence-corrected chi connectivity index (χ1v) is 8.42. The van der Waals surface area contributed by atoms with Crippen molar-refractivity contribution in [3.8, 4) is 0 Å². The number of sulfonamides is 1. The van der Waals surface area contributed by atoms with Gasteiger partial charge in [-0.2, -0.15) is 0 Å². The van der Waals surface area contributed by atoms with E-state index in [1.807, 2.05) is 27.7 Å². The topological polar surface area (TPSA) is 66.4 Å². The molecule has 0 saturated heterocycles. The van der Waals surface area contributed by atoms with E-state index < -0.39 is 16.1 Å². The molecule has 4 nitrogen and oxygen atoms in total.